The Morgan fingerprint density at radius 1 is 0.400 bits per heavy atom. The van der Waals surface area contributed by atoms with Gasteiger partial charge in [0.2, 0.25) is 0 Å². The molecule has 0 saturated heterocycles. The Balaban J connectivity index is 0.914. The van der Waals surface area contributed by atoms with E-state index in [0.717, 1.165) is 45.1 Å². The number of ether oxygens (including phenoxy) is 1. The fourth-order valence-corrected chi connectivity index (χ4v) is 13.9. The predicted molar refractivity (Wildman–Crippen MR) is 292 cm³/mol. The number of fused-ring (bicyclic) bond motifs is 19. The first kappa shape index (κ1) is 39.8. The molecule has 2 nitrogen and oxygen atoms in total. The third-order valence-corrected chi connectivity index (χ3v) is 17.1. The molecular weight excluding hydrogens is 867 g/mol. The maximum absolute atomic E-state index is 7.24. The standard InChI is InChI=1S/C67H45NOS/c1-66(2)56-23-11-9-20-52(56)53-34-32-46(38-61(53)66)68(47-33-35-54-48-17-6-5-16-44(48)40-70-62(54)39-47)45-30-26-43(27-31-45)49-22-13-25-58-63(49)55-21-10-12-24-57(55)67(58)59-36-28-41-14-3-7-18-50(41)64(59)69-65-51-19-8-4-15-42(51)29-37-60(65)67/h3-39H,40H2,1-2H3. The lowest BCUT2D eigenvalue weighted by Gasteiger charge is -2.40. The molecule has 15 rings (SSSR count). The van der Waals surface area contributed by atoms with E-state index in [9.17, 15) is 0 Å². The molecule has 2 heterocycles. The molecule has 0 saturated carbocycles. The monoisotopic (exact) mass is 911 g/mol. The minimum absolute atomic E-state index is 0.125. The number of rotatable bonds is 4. The Kier molecular flexibility index (Phi) is 8.37. The summed E-state index contributed by atoms with van der Waals surface area (Å²) in [5.41, 5.74) is 22.0. The van der Waals surface area contributed by atoms with Crippen molar-refractivity contribution in [2.45, 2.75) is 35.3 Å². The zero-order valence-electron chi connectivity index (χ0n) is 38.8. The van der Waals surface area contributed by atoms with Crippen LogP contribution < -0.4 is 9.64 Å². The SMILES string of the molecule is CC1(C)c2ccccc2-c2ccc(N(c3ccc(-c4cccc5c4-c4ccccc4C54c5ccc6ccccc6c5Oc5c4ccc4ccccc54)cc3)c3ccc4c(c3)SCc3ccccc3-4)cc21. The van der Waals surface area contributed by atoms with Crippen LogP contribution >= 0.6 is 11.8 Å². The third kappa shape index (κ3) is 5.41. The highest BCUT2D eigenvalue weighted by Crippen LogP contribution is 2.65. The highest BCUT2D eigenvalue weighted by molar-refractivity contribution is 7.98. The summed E-state index contributed by atoms with van der Waals surface area (Å²) in [4.78, 5) is 3.78. The average molecular weight is 912 g/mol. The smallest absolute Gasteiger partial charge is 0.140 e. The van der Waals surface area contributed by atoms with Crippen LogP contribution in [-0.4, -0.2) is 0 Å². The van der Waals surface area contributed by atoms with Crippen LogP contribution in [0.2, 0.25) is 0 Å². The third-order valence-electron chi connectivity index (χ3n) is 16.0. The van der Waals surface area contributed by atoms with Crippen LogP contribution in [0.15, 0.2) is 229 Å². The molecule has 11 aromatic carbocycles. The van der Waals surface area contributed by atoms with Crippen LogP contribution in [-0.2, 0) is 16.6 Å². The Morgan fingerprint density at radius 3 is 1.70 bits per heavy atom. The van der Waals surface area contributed by atoms with Crippen molar-refractivity contribution in [2.75, 3.05) is 4.90 Å². The first-order chi connectivity index (χ1) is 34.5. The molecule has 2 aliphatic carbocycles. The van der Waals surface area contributed by atoms with Crippen molar-refractivity contribution in [1.82, 2.24) is 0 Å². The molecule has 0 fully saturated rings. The number of thioether (sulfide) groups is 1. The van der Waals surface area contributed by atoms with E-state index in [4.69, 9.17) is 4.74 Å². The van der Waals surface area contributed by atoms with Crippen molar-refractivity contribution in [1.29, 1.82) is 0 Å². The molecule has 0 bridgehead atoms. The van der Waals surface area contributed by atoms with E-state index in [-0.39, 0.29) is 5.41 Å². The van der Waals surface area contributed by atoms with Crippen LogP contribution in [0.3, 0.4) is 0 Å². The predicted octanol–water partition coefficient (Wildman–Crippen LogP) is 18.2. The molecule has 0 N–H and O–H groups in total. The highest BCUT2D eigenvalue weighted by Gasteiger charge is 2.52. The molecule has 330 valence electrons. The molecule has 4 aliphatic rings. The minimum atomic E-state index is -0.609. The molecule has 0 radical (unpaired) electrons. The largest absolute Gasteiger partial charge is 0.455 e. The topological polar surface area (TPSA) is 12.5 Å². The number of anilines is 3. The fraction of sp³-hybridized carbons (Fsp3) is 0.0746. The van der Waals surface area contributed by atoms with Crippen molar-refractivity contribution in [3.63, 3.8) is 0 Å². The van der Waals surface area contributed by atoms with E-state index in [1.165, 1.54) is 99.1 Å². The lowest BCUT2D eigenvalue weighted by molar-refractivity contribution is 0.447. The van der Waals surface area contributed by atoms with Gasteiger partial charge in [-0.3, -0.25) is 0 Å². The Bertz CT molecular complexity index is 3950. The molecule has 11 aromatic rings. The average Bonchev–Trinajstić information content (AvgIpc) is 3.84. The van der Waals surface area contributed by atoms with E-state index in [0.29, 0.717) is 0 Å². The van der Waals surface area contributed by atoms with Gasteiger partial charge in [-0.05, 0) is 119 Å². The van der Waals surface area contributed by atoms with E-state index in [1.807, 2.05) is 11.8 Å². The van der Waals surface area contributed by atoms with Gasteiger partial charge in [0.05, 0.1) is 5.41 Å². The van der Waals surface area contributed by atoms with Gasteiger partial charge in [0.25, 0.3) is 0 Å². The van der Waals surface area contributed by atoms with E-state index >= 15 is 0 Å². The van der Waals surface area contributed by atoms with Gasteiger partial charge in [-0.15, -0.1) is 11.8 Å². The number of hydrogen-bond donors (Lipinski definition) is 0. The Morgan fingerprint density at radius 2 is 0.957 bits per heavy atom. The highest BCUT2D eigenvalue weighted by atomic mass is 32.2. The maximum Gasteiger partial charge on any atom is 0.140 e. The van der Waals surface area contributed by atoms with Crippen LogP contribution in [0, 0.1) is 0 Å². The lowest BCUT2D eigenvalue weighted by Crippen LogP contribution is -2.32. The molecule has 0 unspecified atom stereocenters. The fourth-order valence-electron chi connectivity index (χ4n) is 12.8. The van der Waals surface area contributed by atoms with Gasteiger partial charge < -0.3 is 9.64 Å². The number of hydrogen-bond acceptors (Lipinski definition) is 3. The summed E-state index contributed by atoms with van der Waals surface area (Å²) >= 11 is 1.94. The zero-order chi connectivity index (χ0) is 46.3. The van der Waals surface area contributed by atoms with Crippen LogP contribution in [0.4, 0.5) is 17.1 Å². The first-order valence-electron chi connectivity index (χ1n) is 24.4. The van der Waals surface area contributed by atoms with Crippen molar-refractivity contribution in [2.24, 2.45) is 0 Å². The summed E-state index contributed by atoms with van der Waals surface area (Å²) in [6, 6.07) is 83.9. The van der Waals surface area contributed by atoms with Crippen molar-refractivity contribution in [3.8, 4) is 56.0 Å². The normalized spacial score (nSPS) is 14.7. The second-order valence-electron chi connectivity index (χ2n) is 19.9. The van der Waals surface area contributed by atoms with E-state index in [2.05, 4.69) is 243 Å². The van der Waals surface area contributed by atoms with Crippen LogP contribution in [0.5, 0.6) is 11.5 Å². The van der Waals surface area contributed by atoms with Gasteiger partial charge in [0, 0.05) is 55.0 Å². The number of nitrogens with zero attached hydrogens (tertiary/aromatic N) is 1. The summed E-state index contributed by atoms with van der Waals surface area (Å²) in [5.74, 6) is 2.83. The summed E-state index contributed by atoms with van der Waals surface area (Å²) in [7, 11) is 0. The van der Waals surface area contributed by atoms with Crippen molar-refractivity contribution < 1.29 is 4.74 Å². The Labute approximate surface area is 412 Å². The molecular formula is C67H45NOS. The second kappa shape index (κ2) is 14.7. The lowest BCUT2D eigenvalue weighted by atomic mass is 9.65. The molecule has 0 amide bonds. The van der Waals surface area contributed by atoms with Gasteiger partial charge in [-0.25, -0.2) is 0 Å². The summed E-state index contributed by atoms with van der Waals surface area (Å²) in [6.45, 7) is 4.74. The van der Waals surface area contributed by atoms with Gasteiger partial charge in [-0.1, -0.05) is 202 Å². The van der Waals surface area contributed by atoms with Gasteiger partial charge in [0.15, 0.2) is 0 Å². The molecule has 70 heavy (non-hydrogen) atoms. The van der Waals surface area contributed by atoms with Crippen LogP contribution in [0.1, 0.15) is 52.8 Å². The summed E-state index contributed by atoms with van der Waals surface area (Å²) < 4.78 is 7.24. The zero-order valence-corrected chi connectivity index (χ0v) is 39.6. The maximum atomic E-state index is 7.24. The quantitative estimate of drug-likeness (QED) is 0.175. The van der Waals surface area contributed by atoms with Gasteiger partial charge in [0.1, 0.15) is 11.5 Å². The summed E-state index contributed by atoms with van der Waals surface area (Å²) in [6.07, 6.45) is 0. The van der Waals surface area contributed by atoms with E-state index < -0.39 is 5.41 Å². The van der Waals surface area contributed by atoms with Crippen LogP contribution in [0.25, 0.3) is 66.1 Å². The van der Waals surface area contributed by atoms with Gasteiger partial charge in [-0.2, -0.15) is 0 Å². The van der Waals surface area contributed by atoms with Crippen molar-refractivity contribution >= 4 is 50.4 Å². The molecule has 2 aliphatic heterocycles. The molecule has 0 aromatic heterocycles. The summed E-state index contributed by atoms with van der Waals surface area (Å²) in [5, 5.41) is 4.59. The number of benzene rings is 11. The van der Waals surface area contributed by atoms with E-state index in [1.54, 1.807) is 0 Å². The van der Waals surface area contributed by atoms with Crippen molar-refractivity contribution in [3.05, 3.63) is 263 Å². The Hall–Kier alpha value is -8.11. The van der Waals surface area contributed by atoms with Gasteiger partial charge >= 0.3 is 0 Å². The molecule has 3 heteroatoms. The second-order valence-corrected chi connectivity index (χ2v) is 20.9. The molecule has 0 atom stereocenters. The first-order valence-corrected chi connectivity index (χ1v) is 25.4. The minimum Gasteiger partial charge on any atom is -0.455 e. The molecule has 1 spiro atoms.